The Bertz CT molecular complexity index is 598. The van der Waals surface area contributed by atoms with Gasteiger partial charge in [0.25, 0.3) is 0 Å². The van der Waals surface area contributed by atoms with Gasteiger partial charge >= 0.3 is 0 Å². The van der Waals surface area contributed by atoms with E-state index in [0.29, 0.717) is 22.8 Å². The van der Waals surface area contributed by atoms with Gasteiger partial charge in [0.05, 0.1) is 0 Å². The first kappa shape index (κ1) is 14.3. The molecule has 0 amide bonds. The molecule has 0 aliphatic carbocycles. The number of nitrogen functional groups attached to an aromatic ring is 1. The van der Waals surface area contributed by atoms with E-state index in [2.05, 4.69) is 23.3 Å². The summed E-state index contributed by atoms with van der Waals surface area (Å²) in [6.07, 6.45) is 3.70. The van der Waals surface area contributed by atoms with Crippen molar-refractivity contribution in [2.45, 2.75) is 31.8 Å². The summed E-state index contributed by atoms with van der Waals surface area (Å²) >= 11 is 6.17. The van der Waals surface area contributed by atoms with Crippen molar-refractivity contribution in [3.05, 3.63) is 35.0 Å². The van der Waals surface area contributed by atoms with Gasteiger partial charge in [0.2, 0.25) is 0 Å². The first-order chi connectivity index (χ1) is 10.0. The third kappa shape index (κ3) is 2.38. The molecule has 3 N–H and O–H groups in total. The van der Waals surface area contributed by atoms with Crippen LogP contribution in [0.15, 0.2) is 24.4 Å². The van der Waals surface area contributed by atoms with Gasteiger partial charge in [-0.1, -0.05) is 18.2 Å². The van der Waals surface area contributed by atoms with E-state index < -0.39 is 0 Å². The summed E-state index contributed by atoms with van der Waals surface area (Å²) in [6.45, 7) is 8.09. The zero-order valence-electron chi connectivity index (χ0n) is 12.3. The zero-order valence-corrected chi connectivity index (χ0v) is 13.0. The van der Waals surface area contributed by atoms with Crippen molar-refractivity contribution in [1.82, 2.24) is 4.90 Å². The van der Waals surface area contributed by atoms with Crippen LogP contribution in [0.2, 0.25) is 5.02 Å². The van der Waals surface area contributed by atoms with Crippen LogP contribution < -0.4 is 10.6 Å². The van der Waals surface area contributed by atoms with Gasteiger partial charge in [0.1, 0.15) is 0 Å². The molecule has 4 rings (SSSR count). The van der Waals surface area contributed by atoms with Crippen LogP contribution >= 0.6 is 11.6 Å². The summed E-state index contributed by atoms with van der Waals surface area (Å²) in [4.78, 5) is 4.78. The van der Waals surface area contributed by atoms with E-state index >= 15 is 0 Å². The van der Waals surface area contributed by atoms with Gasteiger partial charge in [0, 0.05) is 59.0 Å². The van der Waals surface area contributed by atoms with Crippen LogP contribution in [0, 0.1) is 5.41 Å². The minimum absolute atomic E-state index is 0.434. The van der Waals surface area contributed by atoms with Crippen molar-refractivity contribution in [3.63, 3.8) is 0 Å². The van der Waals surface area contributed by atoms with Gasteiger partial charge in [-0.25, -0.2) is 0 Å². The van der Waals surface area contributed by atoms with E-state index in [0.717, 1.165) is 36.5 Å². The Morgan fingerprint density at radius 2 is 2.10 bits per heavy atom. The number of fused-ring (bicyclic) bond motifs is 3. The molecule has 112 valence electrons. The molecular weight excluding hydrogens is 284 g/mol. The molecule has 2 unspecified atom stereocenters. The first-order valence-electron chi connectivity index (χ1n) is 7.29. The Morgan fingerprint density at radius 3 is 2.67 bits per heavy atom. The summed E-state index contributed by atoms with van der Waals surface area (Å²) < 4.78 is 0. The lowest BCUT2D eigenvalue weighted by Gasteiger charge is -2.54. The molecule has 3 aliphatic rings. The van der Waals surface area contributed by atoms with Gasteiger partial charge in [-0.2, -0.15) is 0 Å². The maximum absolute atomic E-state index is 7.66. The van der Waals surface area contributed by atoms with Gasteiger partial charge in [0.15, 0.2) is 0 Å². The number of piperidine rings is 2. The third-order valence-corrected chi connectivity index (χ3v) is 4.85. The Kier molecular flexibility index (Phi) is 3.57. The molecule has 1 aromatic carbocycles. The molecule has 3 saturated heterocycles. The number of hydrogen-bond acceptors (Lipinski definition) is 4. The number of nitrogens with zero attached hydrogens (tertiary/aromatic N) is 2. The quantitative estimate of drug-likeness (QED) is 0.666. The molecule has 5 heteroatoms. The minimum atomic E-state index is 0.434. The second-order valence-corrected chi connectivity index (χ2v) is 6.43. The highest BCUT2D eigenvalue weighted by Crippen LogP contribution is 2.38. The fourth-order valence-corrected chi connectivity index (χ4v) is 3.83. The molecule has 4 nitrogen and oxygen atoms in total. The van der Waals surface area contributed by atoms with Crippen molar-refractivity contribution in [2.75, 3.05) is 23.7 Å². The molecule has 3 aliphatic heterocycles. The summed E-state index contributed by atoms with van der Waals surface area (Å²) in [7, 11) is 0. The summed E-state index contributed by atoms with van der Waals surface area (Å²) in [5.41, 5.74) is 9.51. The highest BCUT2D eigenvalue weighted by Gasteiger charge is 2.39. The number of rotatable bonds is 3. The standard InChI is InChI=1S/C16H21ClN4/c1-10(2)20-8-13-4-3-12(20)9-21(13)16-6-11(17)5-15(19)14(16)7-18/h5-7,12-13,18H,1,3-4,8-9,19H2,2H3. The van der Waals surface area contributed by atoms with Gasteiger partial charge in [-0.05, 0) is 31.9 Å². The molecule has 0 aromatic heterocycles. The van der Waals surface area contributed by atoms with Gasteiger partial charge in [-0.3, -0.25) is 0 Å². The van der Waals surface area contributed by atoms with Crippen LogP contribution in [0.25, 0.3) is 0 Å². The number of nitrogens with one attached hydrogen (secondary N) is 1. The maximum Gasteiger partial charge on any atom is 0.0494 e. The largest absolute Gasteiger partial charge is 0.398 e. The maximum atomic E-state index is 7.66. The Labute approximate surface area is 130 Å². The van der Waals surface area contributed by atoms with E-state index in [-0.39, 0.29) is 0 Å². The SMILES string of the molecule is C=C(C)N1CC2CCC1CN2c1cc(Cl)cc(N)c1C=N. The summed E-state index contributed by atoms with van der Waals surface area (Å²) in [5, 5.41) is 8.29. The smallest absolute Gasteiger partial charge is 0.0494 e. The average molecular weight is 305 g/mol. The number of anilines is 2. The second-order valence-electron chi connectivity index (χ2n) is 6.00. The Hall–Kier alpha value is -1.68. The second kappa shape index (κ2) is 5.26. The molecule has 3 fully saturated rings. The monoisotopic (exact) mass is 304 g/mol. The number of halogens is 1. The third-order valence-electron chi connectivity index (χ3n) is 4.63. The molecule has 1 aromatic rings. The average Bonchev–Trinajstić information content (AvgIpc) is 2.46. The minimum Gasteiger partial charge on any atom is -0.398 e. The van der Waals surface area contributed by atoms with Crippen LogP contribution in [-0.2, 0) is 0 Å². The fraction of sp³-hybridized carbons (Fsp3) is 0.438. The lowest BCUT2D eigenvalue weighted by molar-refractivity contribution is 0.133. The first-order valence-corrected chi connectivity index (χ1v) is 7.67. The lowest BCUT2D eigenvalue weighted by Crippen LogP contribution is -2.62. The van der Waals surface area contributed by atoms with Crippen molar-refractivity contribution >= 4 is 29.2 Å². The Balaban J connectivity index is 1.97. The molecule has 0 radical (unpaired) electrons. The number of allylic oxidation sites excluding steroid dienone is 1. The van der Waals surface area contributed by atoms with Gasteiger partial charge in [-0.15, -0.1) is 0 Å². The summed E-state index contributed by atoms with van der Waals surface area (Å²) in [6, 6.07) is 4.58. The normalized spacial score (nSPS) is 24.3. The van der Waals surface area contributed by atoms with Crippen LogP contribution in [0.5, 0.6) is 0 Å². The van der Waals surface area contributed by atoms with E-state index in [9.17, 15) is 0 Å². The van der Waals surface area contributed by atoms with E-state index in [1.807, 2.05) is 6.07 Å². The molecular formula is C16H21ClN4. The molecule has 0 spiro atoms. The van der Waals surface area contributed by atoms with Crippen LogP contribution in [0.1, 0.15) is 25.3 Å². The molecule has 2 bridgehead atoms. The van der Waals surface area contributed by atoms with Crippen LogP contribution in [-0.4, -0.2) is 36.3 Å². The predicted octanol–water partition coefficient (Wildman–Crippen LogP) is 3.11. The number of hydrogen-bond donors (Lipinski definition) is 2. The van der Waals surface area contributed by atoms with Gasteiger partial charge < -0.3 is 20.9 Å². The molecule has 21 heavy (non-hydrogen) atoms. The molecule has 2 atom stereocenters. The lowest BCUT2D eigenvalue weighted by atomic mass is 9.89. The number of piperazine rings is 1. The number of nitrogens with two attached hydrogens (primary N) is 1. The topological polar surface area (TPSA) is 56.4 Å². The number of benzene rings is 1. The van der Waals surface area contributed by atoms with E-state index in [1.165, 1.54) is 12.6 Å². The highest BCUT2D eigenvalue weighted by molar-refractivity contribution is 6.31. The summed E-state index contributed by atoms with van der Waals surface area (Å²) in [5.74, 6) is 0. The molecule has 3 heterocycles. The fourth-order valence-electron chi connectivity index (χ4n) is 3.61. The predicted molar refractivity (Wildman–Crippen MR) is 89.4 cm³/mol. The zero-order chi connectivity index (χ0) is 15.1. The molecule has 0 saturated carbocycles. The van der Waals surface area contributed by atoms with Crippen LogP contribution in [0.3, 0.4) is 0 Å². The van der Waals surface area contributed by atoms with E-state index in [1.54, 1.807) is 6.07 Å². The van der Waals surface area contributed by atoms with E-state index in [4.69, 9.17) is 22.7 Å². The van der Waals surface area contributed by atoms with Crippen molar-refractivity contribution in [2.24, 2.45) is 0 Å². The Morgan fingerprint density at radius 1 is 1.38 bits per heavy atom. The van der Waals surface area contributed by atoms with Crippen LogP contribution in [0.4, 0.5) is 11.4 Å². The van der Waals surface area contributed by atoms with Crippen molar-refractivity contribution in [3.8, 4) is 0 Å². The van der Waals surface area contributed by atoms with Crippen molar-refractivity contribution in [1.29, 1.82) is 5.41 Å². The van der Waals surface area contributed by atoms with Crippen molar-refractivity contribution < 1.29 is 0 Å². The highest BCUT2D eigenvalue weighted by atomic mass is 35.5.